The lowest BCUT2D eigenvalue weighted by Gasteiger charge is -2.03. The van der Waals surface area contributed by atoms with Crippen molar-refractivity contribution in [1.82, 2.24) is 35.0 Å². The van der Waals surface area contributed by atoms with E-state index in [-0.39, 0.29) is 12.5 Å². The second kappa shape index (κ2) is 6.45. The van der Waals surface area contributed by atoms with E-state index in [0.29, 0.717) is 17.0 Å². The Bertz CT molecular complexity index is 1120. The predicted molar refractivity (Wildman–Crippen MR) is 92.2 cm³/mol. The van der Waals surface area contributed by atoms with Crippen LogP contribution < -0.4 is 5.32 Å². The number of hydrogen-bond donors (Lipinski definition) is 2. The number of fused-ring (bicyclic) bond motifs is 1. The third-order valence-electron chi connectivity index (χ3n) is 3.79. The molecular weight excluding hydrogens is 332 g/mol. The highest BCUT2D eigenvalue weighted by molar-refractivity contribution is 5.94. The molecule has 0 spiro atoms. The van der Waals surface area contributed by atoms with Crippen LogP contribution in [0.15, 0.2) is 49.3 Å². The number of nitrogens with zero attached hydrogens (tertiary/aromatic N) is 6. The fourth-order valence-corrected chi connectivity index (χ4v) is 2.55. The van der Waals surface area contributed by atoms with Crippen LogP contribution in [0.1, 0.15) is 10.4 Å². The third-order valence-corrected chi connectivity index (χ3v) is 3.79. The summed E-state index contributed by atoms with van der Waals surface area (Å²) < 4.78 is 1.62. The molecule has 0 saturated heterocycles. The Kier molecular flexibility index (Phi) is 3.83. The van der Waals surface area contributed by atoms with E-state index < -0.39 is 0 Å². The number of rotatable bonds is 4. The molecule has 0 atom stereocenters. The van der Waals surface area contributed by atoms with E-state index in [2.05, 4.69) is 30.4 Å². The monoisotopic (exact) mass is 344 g/mol. The van der Waals surface area contributed by atoms with Gasteiger partial charge in [0.2, 0.25) is 0 Å². The molecule has 9 nitrogen and oxygen atoms in total. The van der Waals surface area contributed by atoms with Crippen molar-refractivity contribution >= 4 is 17.1 Å². The van der Waals surface area contributed by atoms with Crippen molar-refractivity contribution < 1.29 is 4.79 Å². The van der Waals surface area contributed by atoms with Crippen molar-refractivity contribution in [3.63, 3.8) is 0 Å². The molecule has 0 aliphatic carbocycles. The second-order valence-corrected chi connectivity index (χ2v) is 5.38. The molecule has 0 bridgehead atoms. The molecule has 0 radical (unpaired) electrons. The summed E-state index contributed by atoms with van der Waals surface area (Å²) in [5, 5.41) is 15.3. The van der Waals surface area contributed by atoms with E-state index in [4.69, 9.17) is 5.26 Å². The molecule has 0 fully saturated rings. The Hall–Kier alpha value is -4.06. The van der Waals surface area contributed by atoms with Gasteiger partial charge in [0.15, 0.2) is 11.5 Å². The predicted octanol–water partition coefficient (Wildman–Crippen LogP) is 1.46. The molecule has 4 aromatic heterocycles. The molecule has 0 aliphatic rings. The first-order valence-corrected chi connectivity index (χ1v) is 7.71. The van der Waals surface area contributed by atoms with Crippen LogP contribution in [0, 0.1) is 11.3 Å². The number of H-pyrrole nitrogens is 1. The van der Waals surface area contributed by atoms with Gasteiger partial charge in [-0.15, -0.1) is 0 Å². The van der Waals surface area contributed by atoms with E-state index in [1.807, 2.05) is 18.3 Å². The van der Waals surface area contributed by atoms with Gasteiger partial charge >= 0.3 is 0 Å². The van der Waals surface area contributed by atoms with Crippen molar-refractivity contribution in [2.45, 2.75) is 0 Å². The minimum absolute atomic E-state index is 0.0445. The number of pyridine rings is 2. The quantitative estimate of drug-likeness (QED) is 0.540. The Labute approximate surface area is 147 Å². The fraction of sp³-hybridized carbons (Fsp3) is 0.0588. The van der Waals surface area contributed by atoms with Crippen molar-refractivity contribution in [1.29, 1.82) is 5.26 Å². The van der Waals surface area contributed by atoms with Gasteiger partial charge in [-0.1, -0.05) is 0 Å². The molecule has 4 rings (SSSR count). The first kappa shape index (κ1) is 15.5. The summed E-state index contributed by atoms with van der Waals surface area (Å²) in [7, 11) is 0. The Balaban J connectivity index is 1.61. The molecule has 4 heterocycles. The Morgan fingerprint density at radius 1 is 1.23 bits per heavy atom. The Morgan fingerprint density at radius 3 is 2.96 bits per heavy atom. The topological polar surface area (TPSA) is 125 Å². The lowest BCUT2D eigenvalue weighted by Crippen LogP contribution is -2.23. The number of hydrogen-bond acceptors (Lipinski definition) is 6. The van der Waals surface area contributed by atoms with Gasteiger partial charge in [-0.05, 0) is 18.2 Å². The van der Waals surface area contributed by atoms with Crippen LogP contribution in [0.5, 0.6) is 0 Å². The Morgan fingerprint density at radius 2 is 2.15 bits per heavy atom. The molecule has 126 valence electrons. The molecule has 2 N–H and O–H groups in total. The fourth-order valence-electron chi connectivity index (χ4n) is 2.55. The summed E-state index contributed by atoms with van der Waals surface area (Å²) >= 11 is 0. The van der Waals surface area contributed by atoms with Crippen LogP contribution in [-0.4, -0.2) is 42.2 Å². The molecule has 0 aliphatic heterocycles. The summed E-state index contributed by atoms with van der Waals surface area (Å²) in [6.45, 7) is -0.0445. The lowest BCUT2D eigenvalue weighted by molar-refractivity contribution is 0.0958. The van der Waals surface area contributed by atoms with Crippen LogP contribution in [0.25, 0.3) is 28.1 Å². The largest absolute Gasteiger partial charge is 0.343 e. The van der Waals surface area contributed by atoms with Crippen molar-refractivity contribution in [3.8, 4) is 23.0 Å². The highest BCUT2D eigenvalue weighted by atomic mass is 16.1. The molecular formula is C17H12N8O. The van der Waals surface area contributed by atoms with Gasteiger partial charge < -0.3 is 10.3 Å². The van der Waals surface area contributed by atoms with E-state index in [9.17, 15) is 4.79 Å². The van der Waals surface area contributed by atoms with Gasteiger partial charge in [-0.2, -0.15) is 10.4 Å². The number of carbonyl (C=O) groups is 1. The van der Waals surface area contributed by atoms with Crippen LogP contribution in [0.4, 0.5) is 0 Å². The first-order valence-electron chi connectivity index (χ1n) is 7.71. The zero-order valence-corrected chi connectivity index (χ0v) is 13.4. The number of nitrogens with one attached hydrogen (secondary N) is 2. The van der Waals surface area contributed by atoms with Gasteiger partial charge in [-0.3, -0.25) is 4.79 Å². The molecule has 0 aromatic carbocycles. The van der Waals surface area contributed by atoms with Crippen LogP contribution >= 0.6 is 0 Å². The molecule has 0 unspecified atom stereocenters. The minimum atomic E-state index is -0.342. The van der Waals surface area contributed by atoms with Crippen LogP contribution in [0.2, 0.25) is 0 Å². The van der Waals surface area contributed by atoms with Crippen molar-refractivity contribution in [3.05, 3.63) is 54.9 Å². The van der Waals surface area contributed by atoms with Crippen molar-refractivity contribution in [2.24, 2.45) is 0 Å². The first-order chi connectivity index (χ1) is 12.8. The highest BCUT2D eigenvalue weighted by Gasteiger charge is 2.11. The maximum atomic E-state index is 11.8. The smallest absolute Gasteiger partial charge is 0.253 e. The van der Waals surface area contributed by atoms with Gasteiger partial charge in [0.1, 0.15) is 6.54 Å². The summed E-state index contributed by atoms with van der Waals surface area (Å²) in [4.78, 5) is 27.5. The van der Waals surface area contributed by atoms with Gasteiger partial charge in [0.05, 0.1) is 29.7 Å². The summed E-state index contributed by atoms with van der Waals surface area (Å²) in [5.41, 5.74) is 3.68. The second-order valence-electron chi connectivity index (χ2n) is 5.38. The summed E-state index contributed by atoms with van der Waals surface area (Å²) in [6.07, 6.45) is 8.31. The van der Waals surface area contributed by atoms with E-state index in [1.54, 1.807) is 35.5 Å². The van der Waals surface area contributed by atoms with Gasteiger partial charge in [0, 0.05) is 29.7 Å². The van der Waals surface area contributed by atoms with E-state index in [1.165, 1.54) is 6.20 Å². The number of imidazole rings is 1. The number of aromatic amines is 1. The zero-order valence-electron chi connectivity index (χ0n) is 13.4. The number of amides is 1. The molecule has 9 heteroatoms. The molecule has 4 aromatic rings. The standard InChI is InChI=1S/C17H12N8O/c18-4-6-20-17(26)11-1-2-14(21-7-11)25-9-12(8-24-25)13-3-5-19-16-15(13)22-10-23-16/h1-3,5,7-10H,6H2,(H,20,26)(H,19,22,23). The SMILES string of the molecule is N#CCNC(=O)c1ccc(-n2cc(-c3ccnc4nc[nH]c34)cn2)nc1. The minimum Gasteiger partial charge on any atom is -0.343 e. The van der Waals surface area contributed by atoms with Crippen LogP contribution in [-0.2, 0) is 0 Å². The van der Waals surface area contributed by atoms with Gasteiger partial charge in [-0.25, -0.2) is 19.6 Å². The lowest BCUT2D eigenvalue weighted by atomic mass is 10.1. The summed E-state index contributed by atoms with van der Waals surface area (Å²) in [5.74, 6) is 0.230. The van der Waals surface area contributed by atoms with E-state index in [0.717, 1.165) is 16.6 Å². The third kappa shape index (κ3) is 2.76. The molecule has 0 saturated carbocycles. The number of carbonyl (C=O) groups excluding carboxylic acids is 1. The number of aromatic nitrogens is 6. The average molecular weight is 344 g/mol. The van der Waals surface area contributed by atoms with Gasteiger partial charge in [0.25, 0.3) is 5.91 Å². The van der Waals surface area contributed by atoms with E-state index >= 15 is 0 Å². The van der Waals surface area contributed by atoms with Crippen molar-refractivity contribution in [2.75, 3.05) is 6.54 Å². The number of nitriles is 1. The maximum absolute atomic E-state index is 11.8. The maximum Gasteiger partial charge on any atom is 0.253 e. The highest BCUT2D eigenvalue weighted by Crippen LogP contribution is 2.25. The van der Waals surface area contributed by atoms with Crippen LogP contribution in [0.3, 0.4) is 0 Å². The molecule has 1 amide bonds. The normalized spacial score (nSPS) is 10.6. The zero-order chi connectivity index (χ0) is 17.9. The average Bonchev–Trinajstić information content (AvgIpc) is 3.35. The molecule has 26 heavy (non-hydrogen) atoms. The summed E-state index contributed by atoms with van der Waals surface area (Å²) in [6, 6.07) is 7.07.